The Labute approximate surface area is 163 Å². The molecule has 2 N–H and O–H groups in total. The number of hydrogen-bond acceptors (Lipinski definition) is 5. The number of amides is 3. The van der Waals surface area contributed by atoms with Gasteiger partial charge in [0.2, 0.25) is 11.8 Å². The second-order valence-electron chi connectivity index (χ2n) is 6.51. The number of thioether (sulfide) groups is 1. The molecule has 2 heterocycles. The van der Waals surface area contributed by atoms with Crippen LogP contribution in [0, 0.1) is 5.92 Å². The molecule has 2 saturated heterocycles. The highest BCUT2D eigenvalue weighted by Gasteiger charge is 2.29. The van der Waals surface area contributed by atoms with Crippen LogP contribution in [0.3, 0.4) is 0 Å². The molecule has 1 aromatic rings. The van der Waals surface area contributed by atoms with Gasteiger partial charge in [-0.15, -0.1) is 12.4 Å². The molecule has 2 fully saturated rings. The fourth-order valence-corrected chi connectivity index (χ4v) is 3.86. The van der Waals surface area contributed by atoms with Gasteiger partial charge in [-0.2, -0.15) is 0 Å². The van der Waals surface area contributed by atoms with Gasteiger partial charge in [-0.25, -0.2) is 0 Å². The predicted molar refractivity (Wildman–Crippen MR) is 106 cm³/mol. The first-order valence-corrected chi connectivity index (χ1v) is 9.67. The molecule has 0 bridgehead atoms. The first-order valence-electron chi connectivity index (χ1n) is 8.68. The maximum absolute atomic E-state index is 12.1. The third-order valence-electron chi connectivity index (χ3n) is 4.66. The van der Waals surface area contributed by atoms with E-state index in [4.69, 9.17) is 0 Å². The van der Waals surface area contributed by atoms with Crippen LogP contribution < -0.4 is 10.6 Å². The minimum Gasteiger partial charge on any atom is -0.326 e. The Morgan fingerprint density at radius 1 is 1.19 bits per heavy atom. The van der Waals surface area contributed by atoms with Gasteiger partial charge in [0.15, 0.2) is 0 Å². The Bertz CT molecular complexity index is 632. The largest absolute Gasteiger partial charge is 0.326 e. The van der Waals surface area contributed by atoms with Crippen LogP contribution in [0.15, 0.2) is 24.3 Å². The number of nitrogens with zero attached hydrogens (tertiary/aromatic N) is 1. The molecule has 2 aliphatic rings. The van der Waals surface area contributed by atoms with E-state index in [9.17, 15) is 14.4 Å². The number of imide groups is 1. The molecule has 2 aliphatic heterocycles. The molecule has 8 heteroatoms. The van der Waals surface area contributed by atoms with Gasteiger partial charge in [0.25, 0.3) is 5.24 Å². The van der Waals surface area contributed by atoms with E-state index >= 15 is 0 Å². The number of halogens is 1. The van der Waals surface area contributed by atoms with Crippen molar-refractivity contribution in [2.45, 2.75) is 32.2 Å². The van der Waals surface area contributed by atoms with E-state index < -0.39 is 0 Å². The molecule has 0 spiro atoms. The smallest absolute Gasteiger partial charge is 0.289 e. The molecule has 26 heavy (non-hydrogen) atoms. The maximum Gasteiger partial charge on any atom is 0.289 e. The van der Waals surface area contributed by atoms with E-state index in [2.05, 4.69) is 10.6 Å². The van der Waals surface area contributed by atoms with Crippen LogP contribution in [0.2, 0.25) is 0 Å². The number of benzene rings is 1. The van der Waals surface area contributed by atoms with Crippen molar-refractivity contribution in [1.82, 2.24) is 10.2 Å². The molecule has 1 aromatic carbocycles. The molecule has 0 radical (unpaired) electrons. The van der Waals surface area contributed by atoms with Gasteiger partial charge < -0.3 is 10.6 Å². The summed E-state index contributed by atoms with van der Waals surface area (Å²) in [7, 11) is 0. The van der Waals surface area contributed by atoms with Crippen LogP contribution in [-0.2, 0) is 16.1 Å². The molecule has 0 aliphatic carbocycles. The highest BCUT2D eigenvalue weighted by Crippen LogP contribution is 2.22. The molecule has 0 aromatic heterocycles. The number of rotatable bonds is 6. The summed E-state index contributed by atoms with van der Waals surface area (Å²) in [4.78, 5) is 36.6. The van der Waals surface area contributed by atoms with Gasteiger partial charge in [-0.3, -0.25) is 19.3 Å². The molecule has 6 nitrogen and oxygen atoms in total. The molecule has 3 rings (SSSR count). The minimum atomic E-state index is -0.194. The minimum absolute atomic E-state index is 0. The van der Waals surface area contributed by atoms with Crippen LogP contribution >= 0.6 is 24.2 Å². The Morgan fingerprint density at radius 3 is 2.50 bits per heavy atom. The number of anilines is 1. The van der Waals surface area contributed by atoms with Crippen molar-refractivity contribution in [1.29, 1.82) is 0 Å². The summed E-state index contributed by atoms with van der Waals surface area (Å²) < 4.78 is 0. The molecule has 142 valence electrons. The lowest BCUT2D eigenvalue weighted by Crippen LogP contribution is -2.28. The zero-order chi connectivity index (χ0) is 17.6. The number of hydrogen-bond donors (Lipinski definition) is 2. The summed E-state index contributed by atoms with van der Waals surface area (Å²) >= 11 is 1.04. The first kappa shape index (κ1) is 20.7. The van der Waals surface area contributed by atoms with Crippen molar-refractivity contribution in [2.75, 3.05) is 24.2 Å². The van der Waals surface area contributed by atoms with E-state index in [0.717, 1.165) is 55.4 Å². The van der Waals surface area contributed by atoms with E-state index in [1.54, 1.807) is 0 Å². The van der Waals surface area contributed by atoms with Crippen LogP contribution in [-0.4, -0.2) is 40.8 Å². The van der Waals surface area contributed by atoms with E-state index in [0.29, 0.717) is 12.3 Å². The van der Waals surface area contributed by atoms with Gasteiger partial charge in [0.1, 0.15) is 0 Å². The second-order valence-corrected chi connectivity index (χ2v) is 7.44. The number of piperidine rings is 1. The molecule has 0 atom stereocenters. The molecular formula is C18H24ClN3O3S. The fourth-order valence-electron chi connectivity index (χ4n) is 3.14. The van der Waals surface area contributed by atoms with Gasteiger partial charge in [-0.05, 0) is 56.0 Å². The van der Waals surface area contributed by atoms with Gasteiger partial charge in [0, 0.05) is 12.1 Å². The number of carbonyl (C=O) groups excluding carboxylic acids is 3. The van der Waals surface area contributed by atoms with Crippen molar-refractivity contribution < 1.29 is 14.4 Å². The zero-order valence-corrected chi connectivity index (χ0v) is 16.2. The summed E-state index contributed by atoms with van der Waals surface area (Å²) in [6.07, 6.45) is 3.77. The van der Waals surface area contributed by atoms with Crippen LogP contribution in [0.4, 0.5) is 10.5 Å². The quantitative estimate of drug-likeness (QED) is 0.771. The first-order chi connectivity index (χ1) is 12.1. The van der Waals surface area contributed by atoms with Crippen molar-refractivity contribution in [3.8, 4) is 0 Å². The summed E-state index contributed by atoms with van der Waals surface area (Å²) in [5.74, 6) is 0.755. The van der Waals surface area contributed by atoms with Crippen LogP contribution in [0.5, 0.6) is 0 Å². The topological polar surface area (TPSA) is 78.5 Å². The van der Waals surface area contributed by atoms with E-state index in [1.807, 2.05) is 24.3 Å². The average molecular weight is 398 g/mol. The maximum atomic E-state index is 12.1. The highest BCUT2D eigenvalue weighted by atomic mass is 35.5. The summed E-state index contributed by atoms with van der Waals surface area (Å²) in [5, 5.41) is 6.05. The highest BCUT2D eigenvalue weighted by molar-refractivity contribution is 8.14. The summed E-state index contributed by atoms with van der Waals surface area (Å²) in [6, 6.07) is 7.31. The zero-order valence-electron chi connectivity index (χ0n) is 14.5. The van der Waals surface area contributed by atoms with Gasteiger partial charge in [0.05, 0.1) is 12.3 Å². The lowest BCUT2D eigenvalue weighted by Gasteiger charge is -2.22. The molecule has 3 amide bonds. The van der Waals surface area contributed by atoms with Crippen molar-refractivity contribution in [3.63, 3.8) is 0 Å². The second kappa shape index (κ2) is 9.94. The van der Waals surface area contributed by atoms with Crippen LogP contribution in [0.25, 0.3) is 0 Å². The van der Waals surface area contributed by atoms with E-state index in [1.165, 1.54) is 4.90 Å². The lowest BCUT2D eigenvalue weighted by atomic mass is 9.93. The third-order valence-corrected chi connectivity index (χ3v) is 5.52. The standard InChI is InChI=1S/C18H23N3O3S.ClH/c22-16(6-3-13-7-9-19-10-8-13)20-15-4-1-14(2-5-15)11-21-17(23)12-25-18(21)24;/h1-2,4-5,13,19H,3,6-12H2,(H,20,22);1H. The predicted octanol–water partition coefficient (Wildman–Crippen LogP) is 3.02. The Balaban J connectivity index is 0.00000243. The summed E-state index contributed by atoms with van der Waals surface area (Å²) in [6.45, 7) is 2.39. The third kappa shape index (κ3) is 5.72. The summed E-state index contributed by atoms with van der Waals surface area (Å²) in [5.41, 5.74) is 1.62. The van der Waals surface area contributed by atoms with Gasteiger partial charge in [-0.1, -0.05) is 23.9 Å². The monoisotopic (exact) mass is 397 g/mol. The fraction of sp³-hybridized carbons (Fsp3) is 0.500. The van der Waals surface area contributed by atoms with Crippen molar-refractivity contribution >= 4 is 46.9 Å². The number of nitrogens with one attached hydrogen (secondary N) is 2. The van der Waals surface area contributed by atoms with Crippen molar-refractivity contribution in [2.24, 2.45) is 5.92 Å². The molecular weight excluding hydrogens is 374 g/mol. The van der Waals surface area contributed by atoms with Crippen LogP contribution in [0.1, 0.15) is 31.2 Å². The average Bonchev–Trinajstić information content (AvgIpc) is 2.94. The van der Waals surface area contributed by atoms with Crippen molar-refractivity contribution in [3.05, 3.63) is 29.8 Å². The molecule has 0 saturated carbocycles. The normalized spacial score (nSPS) is 17.9. The Morgan fingerprint density at radius 2 is 1.88 bits per heavy atom. The SMILES string of the molecule is Cl.O=C(CCC1CCNCC1)Nc1ccc(CN2C(=O)CSC2=O)cc1. The number of carbonyl (C=O) groups is 3. The van der Waals surface area contributed by atoms with Gasteiger partial charge >= 0.3 is 0 Å². The Hall–Kier alpha value is -1.57. The lowest BCUT2D eigenvalue weighted by molar-refractivity contribution is -0.125. The van der Waals surface area contributed by atoms with E-state index in [-0.39, 0.29) is 41.8 Å². The Kier molecular flexibility index (Phi) is 7.93. The molecule has 0 unspecified atom stereocenters.